The maximum Gasteiger partial charge on any atom is 0.352 e. The zero-order chi connectivity index (χ0) is 15.3. The maximum atomic E-state index is 14.1. The summed E-state index contributed by atoms with van der Waals surface area (Å²) in [6.07, 6.45) is 2.27. The monoisotopic (exact) mass is 316 g/mol. The fourth-order valence-electron chi connectivity index (χ4n) is 2.59. The average molecular weight is 316 g/mol. The standard InChI is InChI=1S/C14H18F2N2O2S/c1-8-7-21-11(17-8)10(9-3-4-9)18-12(19)14(15,16)13(20)5-2-6-13/h7,9-10,20H,2-6H2,1H3,(H,18,19). The minimum Gasteiger partial charge on any atom is -0.383 e. The molecule has 1 aromatic rings. The van der Waals surface area contributed by atoms with Crippen LogP contribution in [0.1, 0.15) is 48.8 Å². The smallest absolute Gasteiger partial charge is 0.352 e. The molecule has 1 atom stereocenters. The van der Waals surface area contributed by atoms with Crippen LogP contribution in [0.25, 0.3) is 0 Å². The number of nitrogens with zero attached hydrogens (tertiary/aromatic N) is 1. The van der Waals surface area contributed by atoms with E-state index in [1.807, 2.05) is 12.3 Å². The van der Waals surface area contributed by atoms with Gasteiger partial charge in [-0.15, -0.1) is 11.3 Å². The van der Waals surface area contributed by atoms with Crippen molar-refractivity contribution in [3.05, 3.63) is 16.1 Å². The van der Waals surface area contributed by atoms with Gasteiger partial charge in [0, 0.05) is 11.1 Å². The Morgan fingerprint density at radius 2 is 2.24 bits per heavy atom. The third kappa shape index (κ3) is 2.57. The highest BCUT2D eigenvalue weighted by molar-refractivity contribution is 7.09. The molecular formula is C14H18F2N2O2S. The molecule has 0 spiro atoms. The molecule has 116 valence electrons. The van der Waals surface area contributed by atoms with Crippen molar-refractivity contribution in [1.82, 2.24) is 10.3 Å². The molecule has 0 aliphatic heterocycles. The van der Waals surface area contributed by atoms with Gasteiger partial charge in [0.2, 0.25) is 0 Å². The molecule has 2 aliphatic carbocycles. The van der Waals surface area contributed by atoms with Crippen LogP contribution < -0.4 is 5.32 Å². The van der Waals surface area contributed by atoms with Crippen LogP contribution in [0.5, 0.6) is 0 Å². The number of aromatic nitrogens is 1. The van der Waals surface area contributed by atoms with Crippen LogP contribution >= 0.6 is 11.3 Å². The highest BCUT2D eigenvalue weighted by Gasteiger charge is 2.61. The van der Waals surface area contributed by atoms with Gasteiger partial charge in [0.1, 0.15) is 10.6 Å². The fraction of sp³-hybridized carbons (Fsp3) is 0.714. The summed E-state index contributed by atoms with van der Waals surface area (Å²) in [7, 11) is 0. The summed E-state index contributed by atoms with van der Waals surface area (Å²) in [5, 5.41) is 14.8. The Morgan fingerprint density at radius 1 is 1.57 bits per heavy atom. The zero-order valence-corrected chi connectivity index (χ0v) is 12.6. The second-order valence-corrected chi connectivity index (χ2v) is 6.96. The first-order valence-electron chi connectivity index (χ1n) is 7.17. The van der Waals surface area contributed by atoms with Gasteiger partial charge in [0.05, 0.1) is 6.04 Å². The van der Waals surface area contributed by atoms with Crippen LogP contribution in [0.3, 0.4) is 0 Å². The topological polar surface area (TPSA) is 62.2 Å². The number of carbonyl (C=O) groups is 1. The minimum atomic E-state index is -3.75. The van der Waals surface area contributed by atoms with Crippen molar-refractivity contribution in [3.8, 4) is 0 Å². The van der Waals surface area contributed by atoms with Crippen LogP contribution in [0, 0.1) is 12.8 Å². The van der Waals surface area contributed by atoms with Crippen LogP contribution in [0.4, 0.5) is 8.78 Å². The lowest BCUT2D eigenvalue weighted by atomic mass is 9.75. The van der Waals surface area contributed by atoms with Crippen molar-refractivity contribution in [2.45, 2.75) is 56.6 Å². The van der Waals surface area contributed by atoms with Crippen LogP contribution in [0.2, 0.25) is 0 Å². The molecule has 2 saturated carbocycles. The molecule has 3 rings (SSSR count). The summed E-state index contributed by atoms with van der Waals surface area (Å²) in [6, 6.07) is -0.467. The molecule has 21 heavy (non-hydrogen) atoms. The summed E-state index contributed by atoms with van der Waals surface area (Å²) in [6.45, 7) is 1.83. The van der Waals surface area contributed by atoms with E-state index >= 15 is 0 Å². The van der Waals surface area contributed by atoms with Crippen molar-refractivity contribution >= 4 is 17.2 Å². The lowest BCUT2D eigenvalue weighted by molar-refractivity contribution is -0.216. The number of hydrogen-bond donors (Lipinski definition) is 2. The van der Waals surface area contributed by atoms with Crippen molar-refractivity contribution in [2.24, 2.45) is 5.92 Å². The second-order valence-electron chi connectivity index (χ2n) is 6.08. The summed E-state index contributed by atoms with van der Waals surface area (Å²) in [4.78, 5) is 16.3. The van der Waals surface area contributed by atoms with Gasteiger partial charge in [-0.05, 0) is 44.9 Å². The van der Waals surface area contributed by atoms with E-state index in [0.29, 0.717) is 11.4 Å². The van der Waals surface area contributed by atoms with Crippen LogP contribution in [-0.4, -0.2) is 27.5 Å². The van der Waals surface area contributed by atoms with E-state index in [9.17, 15) is 18.7 Å². The highest BCUT2D eigenvalue weighted by atomic mass is 32.1. The predicted molar refractivity (Wildman–Crippen MR) is 74.2 cm³/mol. The molecular weight excluding hydrogens is 298 g/mol. The van der Waals surface area contributed by atoms with Crippen molar-refractivity contribution < 1.29 is 18.7 Å². The third-order valence-corrected chi connectivity index (χ3v) is 5.38. The number of hydrogen-bond acceptors (Lipinski definition) is 4. The van der Waals surface area contributed by atoms with Gasteiger partial charge in [-0.25, -0.2) is 4.98 Å². The minimum absolute atomic E-state index is 0.0299. The summed E-state index contributed by atoms with van der Waals surface area (Å²) in [5.74, 6) is -4.95. The molecule has 0 radical (unpaired) electrons. The summed E-state index contributed by atoms with van der Waals surface area (Å²) in [5.41, 5.74) is -1.36. The molecule has 1 amide bonds. The van der Waals surface area contributed by atoms with Gasteiger partial charge < -0.3 is 10.4 Å². The van der Waals surface area contributed by atoms with E-state index < -0.39 is 23.5 Å². The predicted octanol–water partition coefficient (Wildman–Crippen LogP) is 2.57. The molecule has 2 fully saturated rings. The number of aryl methyl sites for hydroxylation is 1. The molecule has 0 bridgehead atoms. The van der Waals surface area contributed by atoms with Gasteiger partial charge in [-0.2, -0.15) is 8.78 Å². The van der Waals surface area contributed by atoms with Crippen LogP contribution in [0.15, 0.2) is 5.38 Å². The molecule has 2 aliphatic rings. The highest BCUT2D eigenvalue weighted by Crippen LogP contribution is 2.46. The summed E-state index contributed by atoms with van der Waals surface area (Å²) < 4.78 is 28.3. The quantitative estimate of drug-likeness (QED) is 0.877. The number of rotatable bonds is 5. The van der Waals surface area contributed by atoms with E-state index in [1.54, 1.807) is 0 Å². The molecule has 2 N–H and O–H groups in total. The molecule has 0 aromatic carbocycles. The van der Waals surface area contributed by atoms with E-state index in [0.717, 1.165) is 18.5 Å². The summed E-state index contributed by atoms with van der Waals surface area (Å²) >= 11 is 1.37. The van der Waals surface area contributed by atoms with E-state index in [1.165, 1.54) is 11.3 Å². The first kappa shape index (κ1) is 14.8. The lowest BCUT2D eigenvalue weighted by Gasteiger charge is -2.41. The van der Waals surface area contributed by atoms with Crippen molar-refractivity contribution in [1.29, 1.82) is 0 Å². The van der Waals surface area contributed by atoms with Gasteiger partial charge in [-0.1, -0.05) is 0 Å². The number of thiazole rings is 1. The van der Waals surface area contributed by atoms with Crippen LogP contribution in [-0.2, 0) is 4.79 Å². The van der Waals surface area contributed by atoms with Gasteiger partial charge >= 0.3 is 5.92 Å². The Hall–Kier alpha value is -1.08. The molecule has 7 heteroatoms. The molecule has 1 unspecified atom stereocenters. The Bertz CT molecular complexity index is 553. The zero-order valence-electron chi connectivity index (χ0n) is 11.7. The number of alkyl halides is 2. The number of amides is 1. The Labute approximate surface area is 125 Å². The molecule has 0 saturated heterocycles. The Balaban J connectivity index is 1.75. The fourth-order valence-corrected chi connectivity index (χ4v) is 3.53. The Kier molecular flexibility index (Phi) is 3.52. The van der Waals surface area contributed by atoms with Gasteiger partial charge in [0.25, 0.3) is 5.91 Å². The molecule has 4 nitrogen and oxygen atoms in total. The van der Waals surface area contributed by atoms with Gasteiger partial charge in [0.15, 0.2) is 0 Å². The second kappa shape index (κ2) is 4.98. The lowest BCUT2D eigenvalue weighted by Crippen LogP contribution is -2.61. The van der Waals surface area contributed by atoms with E-state index in [2.05, 4.69) is 10.3 Å². The van der Waals surface area contributed by atoms with Crippen molar-refractivity contribution in [3.63, 3.8) is 0 Å². The Morgan fingerprint density at radius 3 is 2.67 bits per heavy atom. The average Bonchev–Trinajstić information content (AvgIpc) is 3.14. The largest absolute Gasteiger partial charge is 0.383 e. The number of carbonyl (C=O) groups excluding carboxylic acids is 1. The van der Waals surface area contributed by atoms with E-state index in [4.69, 9.17) is 0 Å². The normalized spacial score (nSPS) is 22.5. The number of halogens is 2. The number of aliphatic hydroxyl groups is 1. The first-order valence-corrected chi connectivity index (χ1v) is 8.05. The molecule has 1 aromatic heterocycles. The van der Waals surface area contributed by atoms with E-state index in [-0.39, 0.29) is 18.8 Å². The first-order chi connectivity index (χ1) is 9.83. The van der Waals surface area contributed by atoms with Crippen molar-refractivity contribution in [2.75, 3.05) is 0 Å². The SMILES string of the molecule is Cc1csc(C(NC(=O)C(F)(F)C2(O)CCC2)C2CC2)n1. The molecule has 1 heterocycles. The third-order valence-electron chi connectivity index (χ3n) is 4.33. The maximum absolute atomic E-state index is 14.1. The number of nitrogens with one attached hydrogen (secondary N) is 1. The van der Waals surface area contributed by atoms with Gasteiger partial charge in [-0.3, -0.25) is 4.79 Å².